The van der Waals surface area contributed by atoms with Crippen molar-refractivity contribution in [3.05, 3.63) is 13.2 Å². The molecule has 3 radical (unpaired) electrons. The molecule has 0 aromatic carbocycles. The van der Waals surface area contributed by atoms with Crippen LogP contribution in [0.4, 0.5) is 14.1 Å². The van der Waals surface area contributed by atoms with Gasteiger partial charge in [-0.1, -0.05) is 0 Å². The van der Waals surface area contributed by atoms with E-state index < -0.39 is 10.4 Å². The van der Waals surface area contributed by atoms with Crippen LogP contribution >= 0.6 is 0 Å². The van der Waals surface area contributed by atoms with Crippen LogP contribution in [-0.2, 0) is 10.4 Å². The van der Waals surface area contributed by atoms with E-state index in [1.807, 2.05) is 0 Å². The average Bonchev–Trinajstić information content (AvgIpc) is 1.36. The van der Waals surface area contributed by atoms with Gasteiger partial charge in [-0.3, -0.25) is 29.8 Å². The number of halogens is 3. The van der Waals surface area contributed by atoms with Crippen LogP contribution in [0.3, 0.4) is 0 Å². The molecule has 0 bridgehead atoms. The van der Waals surface area contributed by atoms with Crippen LogP contribution < -0.4 is 18.9 Å². The molecule has 0 aliphatic carbocycles. The molecule has 71 valence electrons. The first kappa shape index (κ1) is 57.6. The second-order valence-electron chi connectivity index (χ2n) is 0.448. The van der Waals surface area contributed by atoms with Gasteiger partial charge >= 0.3 is 29.3 Å². The van der Waals surface area contributed by atoms with Gasteiger partial charge in [-0.15, -0.1) is 0 Å². The van der Waals surface area contributed by atoms with Crippen LogP contribution in [0.1, 0.15) is 0 Å². The van der Waals surface area contributed by atoms with Crippen LogP contribution in [0.15, 0.2) is 6.58 Å². The van der Waals surface area contributed by atoms with Crippen molar-refractivity contribution in [3.63, 3.8) is 0 Å². The molecule has 10 heteroatoms. The Kier molecular flexibility index (Phi) is 146. The molecule has 0 amide bonds. The van der Waals surface area contributed by atoms with E-state index >= 15 is 0 Å². The van der Waals surface area contributed by atoms with Crippen molar-refractivity contribution in [2.24, 2.45) is 0 Å². The quantitative estimate of drug-likeness (QED) is 0.250. The van der Waals surface area contributed by atoms with E-state index in [4.69, 9.17) is 17.5 Å². The smallest absolute Gasteiger partial charge is 0.521 e. The van der Waals surface area contributed by atoms with E-state index in [9.17, 15) is 0 Å². The minimum Gasteiger partial charge on any atom is -0.521 e. The van der Waals surface area contributed by atoms with Crippen molar-refractivity contribution in [1.82, 2.24) is 0 Å². The van der Waals surface area contributed by atoms with Crippen LogP contribution in [-0.4, -0.2) is 25.9 Å². The molecule has 0 fully saturated rings. The van der Waals surface area contributed by atoms with Gasteiger partial charge in [0.2, 0.25) is 0 Å². The van der Waals surface area contributed by atoms with E-state index in [-0.39, 0.29) is 41.4 Å². The van der Waals surface area contributed by atoms with Crippen molar-refractivity contribution in [2.45, 2.75) is 0 Å². The fourth-order valence-electron chi connectivity index (χ4n) is 0. The van der Waals surface area contributed by atoms with Gasteiger partial charge in [-0.25, -0.2) is 0 Å². The largest absolute Gasteiger partial charge is 1.00 e. The topological polar surface area (TPSA) is 74.6 Å². The predicted octanol–water partition coefficient (Wildman–Crippen LogP) is -2.97. The van der Waals surface area contributed by atoms with Crippen LogP contribution in [0.2, 0.25) is 0 Å². The zero-order valence-electron chi connectivity index (χ0n) is 6.21. The molecule has 0 heterocycles. The standard InChI is InChI=1S/C2H3.B.3FH.Li.H2O4S/c1-2;;;;;;1-5(2,3)4/h1H,2H2;;3*1H;;(H2,1,2,3,4)/q-1;;;;;+1;. The summed E-state index contributed by atoms with van der Waals surface area (Å²) in [5.41, 5.74) is 0. The molecular formula is C2H8BF3LiO4S. The molecule has 0 unspecified atom stereocenters. The summed E-state index contributed by atoms with van der Waals surface area (Å²) in [5, 5.41) is 0. The first-order valence-corrected chi connectivity index (χ1v) is 2.50. The molecule has 2 N–H and O–H groups in total. The molecule has 0 aliphatic heterocycles. The molecule has 0 rings (SSSR count). The second-order valence-corrected chi connectivity index (χ2v) is 1.34. The fraction of sp³-hybridized carbons (Fsp3) is 0. The van der Waals surface area contributed by atoms with E-state index in [1.165, 1.54) is 0 Å². The third-order valence-electron chi connectivity index (χ3n) is 0. The van der Waals surface area contributed by atoms with Crippen LogP contribution in [0.5, 0.6) is 0 Å². The summed E-state index contributed by atoms with van der Waals surface area (Å²) >= 11 is 0. The maximum atomic E-state index is 8.74. The summed E-state index contributed by atoms with van der Waals surface area (Å²) in [6.45, 7) is 7.00. The maximum absolute atomic E-state index is 8.74. The summed E-state index contributed by atoms with van der Waals surface area (Å²) in [6, 6.07) is 0. The Morgan fingerprint density at radius 3 is 1.00 bits per heavy atom. The molecule has 12 heavy (non-hydrogen) atoms. The Labute approximate surface area is 82.9 Å². The minimum atomic E-state index is -4.67. The van der Waals surface area contributed by atoms with Crippen molar-refractivity contribution >= 4 is 18.8 Å². The van der Waals surface area contributed by atoms with E-state index in [2.05, 4.69) is 13.2 Å². The van der Waals surface area contributed by atoms with Crippen molar-refractivity contribution in [1.29, 1.82) is 0 Å². The number of hydrogen-bond acceptors (Lipinski definition) is 2. The Morgan fingerprint density at radius 1 is 1.00 bits per heavy atom. The second kappa shape index (κ2) is 30.5. The van der Waals surface area contributed by atoms with Gasteiger partial charge in [0, 0.05) is 8.41 Å². The van der Waals surface area contributed by atoms with Crippen molar-refractivity contribution in [3.8, 4) is 0 Å². The molecule has 0 saturated carbocycles. The van der Waals surface area contributed by atoms with Crippen molar-refractivity contribution in [2.75, 3.05) is 0 Å². The molecule has 0 saturated heterocycles. The minimum absolute atomic E-state index is 0. The Bertz CT molecular complexity index is 122. The van der Waals surface area contributed by atoms with Gasteiger partial charge in [-0.05, 0) is 0 Å². The Hall–Kier alpha value is 0.0623. The van der Waals surface area contributed by atoms with Gasteiger partial charge in [0.05, 0.1) is 0 Å². The SMILES string of the molecule is F.F.F.O=S(=O)(O)O.[B].[CH-]=C.[Li+]. The molecule has 0 aromatic heterocycles. The summed E-state index contributed by atoms with van der Waals surface area (Å²) < 4.78 is 31.6. The molecule has 0 aromatic rings. The summed E-state index contributed by atoms with van der Waals surface area (Å²) in [7, 11) is -4.67. The maximum Gasteiger partial charge on any atom is 1.00 e. The molecular weight excluding hydrogens is 195 g/mol. The predicted molar refractivity (Wildman–Crippen MR) is 37.4 cm³/mol. The van der Waals surface area contributed by atoms with E-state index in [1.54, 1.807) is 0 Å². The monoisotopic (exact) mass is 203 g/mol. The normalized spacial score (nSPS) is 5.17. The molecule has 0 spiro atoms. The molecule has 4 nitrogen and oxygen atoms in total. The summed E-state index contributed by atoms with van der Waals surface area (Å²) in [6.07, 6.45) is 0. The van der Waals surface area contributed by atoms with Gasteiger partial charge in [0.15, 0.2) is 0 Å². The third kappa shape index (κ3) is 213000. The molecule has 0 atom stereocenters. The summed E-state index contributed by atoms with van der Waals surface area (Å²) in [5.74, 6) is 0. The Morgan fingerprint density at radius 2 is 1.00 bits per heavy atom. The first-order valence-electron chi connectivity index (χ1n) is 1.11. The van der Waals surface area contributed by atoms with Crippen molar-refractivity contribution < 1.29 is 50.5 Å². The average molecular weight is 203 g/mol. The van der Waals surface area contributed by atoms with Gasteiger partial charge < -0.3 is 6.58 Å². The van der Waals surface area contributed by atoms with E-state index in [0.717, 1.165) is 0 Å². The van der Waals surface area contributed by atoms with Crippen LogP contribution in [0.25, 0.3) is 0 Å². The van der Waals surface area contributed by atoms with Gasteiger partial charge in [0.25, 0.3) is 0 Å². The Balaban J connectivity index is -0.00000000671. The van der Waals surface area contributed by atoms with Gasteiger partial charge in [0.1, 0.15) is 0 Å². The van der Waals surface area contributed by atoms with Gasteiger partial charge in [-0.2, -0.15) is 8.42 Å². The number of hydrogen-bond donors (Lipinski definition) is 2. The number of rotatable bonds is 0. The van der Waals surface area contributed by atoms with Crippen LogP contribution in [0, 0.1) is 6.58 Å². The summed E-state index contributed by atoms with van der Waals surface area (Å²) in [4.78, 5) is 0. The first-order chi connectivity index (χ1) is 3.00. The third-order valence-corrected chi connectivity index (χ3v) is 0. The fourth-order valence-corrected chi connectivity index (χ4v) is 0. The zero-order valence-corrected chi connectivity index (χ0v) is 7.02. The zero-order chi connectivity index (χ0) is 6.50. The van der Waals surface area contributed by atoms with E-state index in [0.29, 0.717) is 0 Å². The molecule has 0 aliphatic rings.